The fraction of sp³-hybridized carbons (Fsp3) is 0.562. The molecule has 0 heterocycles. The van der Waals surface area contributed by atoms with Crippen LogP contribution in [0.25, 0.3) is 0 Å². The Morgan fingerprint density at radius 2 is 1.84 bits per heavy atom. The third-order valence-corrected chi connectivity index (χ3v) is 3.46. The predicted octanol–water partition coefficient (Wildman–Crippen LogP) is 2.86. The minimum Gasteiger partial charge on any atom is -0.344 e. The van der Waals surface area contributed by atoms with E-state index >= 15 is 0 Å². The van der Waals surface area contributed by atoms with E-state index in [0.717, 1.165) is 24.9 Å². The molecule has 0 N–H and O–H groups in total. The van der Waals surface area contributed by atoms with Crippen LogP contribution < -0.4 is 0 Å². The zero-order chi connectivity index (χ0) is 14.4. The Balaban J connectivity index is 2.95. The van der Waals surface area contributed by atoms with Crippen molar-refractivity contribution >= 4 is 5.91 Å². The second-order valence-electron chi connectivity index (χ2n) is 5.34. The van der Waals surface area contributed by atoms with Crippen molar-refractivity contribution in [3.05, 3.63) is 35.4 Å². The molecule has 0 radical (unpaired) electrons. The number of carbonyl (C=O) groups is 1. The van der Waals surface area contributed by atoms with Crippen LogP contribution in [0.2, 0.25) is 0 Å². The first kappa shape index (κ1) is 15.7. The van der Waals surface area contributed by atoms with Crippen molar-refractivity contribution in [1.82, 2.24) is 9.80 Å². The van der Waals surface area contributed by atoms with Crippen LogP contribution in [0.3, 0.4) is 0 Å². The molecule has 0 aliphatic carbocycles. The summed E-state index contributed by atoms with van der Waals surface area (Å²) in [7, 11) is 5.82. The van der Waals surface area contributed by atoms with E-state index in [4.69, 9.17) is 0 Å². The van der Waals surface area contributed by atoms with Crippen molar-refractivity contribution in [2.24, 2.45) is 0 Å². The number of rotatable bonds is 6. The normalized spacial score (nSPS) is 12.5. The highest BCUT2D eigenvalue weighted by molar-refractivity contribution is 5.83. The first-order chi connectivity index (χ1) is 8.99. The van der Waals surface area contributed by atoms with Gasteiger partial charge in [0.15, 0.2) is 0 Å². The first-order valence-corrected chi connectivity index (χ1v) is 6.96. The summed E-state index contributed by atoms with van der Waals surface area (Å²) in [5, 5.41) is 0. The summed E-state index contributed by atoms with van der Waals surface area (Å²) < 4.78 is 0. The zero-order valence-electron chi connectivity index (χ0n) is 12.8. The number of carbonyl (C=O) groups excluding carboxylic acids is 1. The molecule has 1 rings (SSSR count). The van der Waals surface area contributed by atoms with Crippen molar-refractivity contribution < 1.29 is 4.79 Å². The summed E-state index contributed by atoms with van der Waals surface area (Å²) in [6, 6.07) is 7.93. The molecule has 0 fully saturated rings. The SMILES string of the molecule is CCCCN(C)C(=O)[C@H](c1ccccc1C)N(C)C. The molecule has 1 aromatic carbocycles. The number of amides is 1. The highest BCUT2D eigenvalue weighted by Gasteiger charge is 2.26. The molecule has 106 valence electrons. The van der Waals surface area contributed by atoms with Gasteiger partial charge in [0.25, 0.3) is 0 Å². The summed E-state index contributed by atoms with van der Waals surface area (Å²) in [6.07, 6.45) is 2.16. The molecule has 3 nitrogen and oxygen atoms in total. The predicted molar refractivity (Wildman–Crippen MR) is 80.2 cm³/mol. The van der Waals surface area contributed by atoms with Crippen molar-refractivity contribution in [3.63, 3.8) is 0 Å². The van der Waals surface area contributed by atoms with Crippen molar-refractivity contribution in [1.29, 1.82) is 0 Å². The third kappa shape index (κ3) is 4.06. The number of benzene rings is 1. The van der Waals surface area contributed by atoms with E-state index in [1.807, 2.05) is 49.1 Å². The Hall–Kier alpha value is -1.35. The van der Waals surface area contributed by atoms with Crippen molar-refractivity contribution in [2.75, 3.05) is 27.7 Å². The average Bonchev–Trinajstić information content (AvgIpc) is 2.38. The summed E-state index contributed by atoms with van der Waals surface area (Å²) >= 11 is 0. The lowest BCUT2D eigenvalue weighted by atomic mass is 9.99. The van der Waals surface area contributed by atoms with Crippen LogP contribution in [0.15, 0.2) is 24.3 Å². The Morgan fingerprint density at radius 1 is 1.21 bits per heavy atom. The van der Waals surface area contributed by atoms with Crippen LogP contribution in [0.4, 0.5) is 0 Å². The third-order valence-electron chi connectivity index (χ3n) is 3.46. The van der Waals surface area contributed by atoms with Gasteiger partial charge in [-0.2, -0.15) is 0 Å². The topological polar surface area (TPSA) is 23.6 Å². The molecule has 0 spiro atoms. The number of unbranched alkanes of at least 4 members (excludes halogenated alkanes) is 1. The average molecular weight is 262 g/mol. The van der Waals surface area contributed by atoms with Crippen LogP contribution >= 0.6 is 0 Å². The van der Waals surface area contributed by atoms with Crippen LogP contribution in [0.1, 0.15) is 36.9 Å². The molecule has 0 aliphatic heterocycles. The zero-order valence-corrected chi connectivity index (χ0v) is 12.8. The van der Waals surface area contributed by atoms with Gasteiger partial charge in [0.05, 0.1) is 0 Å². The molecule has 0 saturated carbocycles. The first-order valence-electron chi connectivity index (χ1n) is 6.96. The van der Waals surface area contributed by atoms with E-state index < -0.39 is 0 Å². The Labute approximate surface area is 117 Å². The van der Waals surface area contributed by atoms with E-state index in [1.54, 1.807) is 0 Å². The Bertz CT molecular complexity index is 415. The van der Waals surface area contributed by atoms with Gasteiger partial charge in [-0.05, 0) is 38.6 Å². The van der Waals surface area contributed by atoms with Crippen LogP contribution in [0, 0.1) is 6.92 Å². The molecule has 0 unspecified atom stereocenters. The molecule has 0 aliphatic rings. The van der Waals surface area contributed by atoms with Gasteiger partial charge in [-0.1, -0.05) is 37.6 Å². The number of likely N-dealkylation sites (N-methyl/N-ethyl adjacent to an activating group) is 2. The van der Waals surface area contributed by atoms with Crippen LogP contribution in [-0.4, -0.2) is 43.4 Å². The fourth-order valence-corrected chi connectivity index (χ4v) is 2.24. The van der Waals surface area contributed by atoms with Gasteiger partial charge in [0.2, 0.25) is 5.91 Å². The maximum Gasteiger partial charge on any atom is 0.244 e. The highest BCUT2D eigenvalue weighted by atomic mass is 16.2. The number of hydrogen-bond acceptors (Lipinski definition) is 2. The molecule has 3 heteroatoms. The fourth-order valence-electron chi connectivity index (χ4n) is 2.24. The second kappa shape index (κ2) is 7.29. The smallest absolute Gasteiger partial charge is 0.244 e. The standard InChI is InChI=1S/C16H26N2O/c1-6-7-12-18(5)16(19)15(17(3)4)14-11-9-8-10-13(14)2/h8-11,15H,6-7,12H2,1-5H3/t15-/m0/s1. The van der Waals surface area contributed by atoms with Gasteiger partial charge in [-0.25, -0.2) is 0 Å². The van der Waals surface area contributed by atoms with Gasteiger partial charge in [0.1, 0.15) is 6.04 Å². The second-order valence-corrected chi connectivity index (χ2v) is 5.34. The monoisotopic (exact) mass is 262 g/mol. The van der Waals surface area contributed by atoms with Gasteiger partial charge in [-0.3, -0.25) is 9.69 Å². The van der Waals surface area contributed by atoms with E-state index in [2.05, 4.69) is 19.9 Å². The molecule has 0 aromatic heterocycles. The lowest BCUT2D eigenvalue weighted by molar-refractivity contribution is -0.135. The molecule has 0 saturated heterocycles. The molecule has 1 aromatic rings. The molecule has 1 atom stereocenters. The van der Waals surface area contributed by atoms with Gasteiger partial charge >= 0.3 is 0 Å². The van der Waals surface area contributed by atoms with E-state index in [0.29, 0.717) is 0 Å². The molecular formula is C16H26N2O. The van der Waals surface area contributed by atoms with Crippen molar-refractivity contribution in [2.45, 2.75) is 32.7 Å². The van der Waals surface area contributed by atoms with Gasteiger partial charge in [0, 0.05) is 13.6 Å². The van der Waals surface area contributed by atoms with E-state index in [-0.39, 0.29) is 11.9 Å². The van der Waals surface area contributed by atoms with Crippen LogP contribution in [-0.2, 0) is 4.79 Å². The minimum absolute atomic E-state index is 0.174. The molecule has 0 bridgehead atoms. The Kier molecular flexibility index (Phi) is 6.03. The number of hydrogen-bond donors (Lipinski definition) is 0. The maximum absolute atomic E-state index is 12.6. The van der Waals surface area contributed by atoms with E-state index in [9.17, 15) is 4.79 Å². The summed E-state index contributed by atoms with van der Waals surface area (Å²) in [5.41, 5.74) is 2.26. The molecule has 19 heavy (non-hydrogen) atoms. The van der Waals surface area contributed by atoms with Gasteiger partial charge < -0.3 is 4.90 Å². The minimum atomic E-state index is -0.192. The van der Waals surface area contributed by atoms with E-state index in [1.165, 1.54) is 5.56 Å². The quantitative estimate of drug-likeness (QED) is 0.787. The summed E-state index contributed by atoms with van der Waals surface area (Å²) in [6.45, 7) is 5.03. The number of nitrogens with zero attached hydrogens (tertiary/aromatic N) is 2. The summed E-state index contributed by atoms with van der Waals surface area (Å²) in [4.78, 5) is 16.5. The molecule has 1 amide bonds. The Morgan fingerprint density at radius 3 is 2.37 bits per heavy atom. The largest absolute Gasteiger partial charge is 0.344 e. The van der Waals surface area contributed by atoms with Crippen molar-refractivity contribution in [3.8, 4) is 0 Å². The highest BCUT2D eigenvalue weighted by Crippen LogP contribution is 2.23. The molecular weight excluding hydrogens is 236 g/mol. The summed E-state index contributed by atoms with van der Waals surface area (Å²) in [5.74, 6) is 0.174. The lowest BCUT2D eigenvalue weighted by Gasteiger charge is -2.29. The lowest BCUT2D eigenvalue weighted by Crippen LogP contribution is -2.39. The van der Waals surface area contributed by atoms with Crippen LogP contribution in [0.5, 0.6) is 0 Å². The number of aryl methyl sites for hydroxylation is 1. The maximum atomic E-state index is 12.6. The van der Waals surface area contributed by atoms with Gasteiger partial charge in [-0.15, -0.1) is 0 Å².